The van der Waals surface area contributed by atoms with Gasteiger partial charge in [-0.05, 0) is 29.8 Å². The predicted octanol–water partition coefficient (Wildman–Crippen LogP) is 3.09. The number of rotatable bonds is 5. The van der Waals surface area contributed by atoms with Gasteiger partial charge in [-0.25, -0.2) is 0 Å². The van der Waals surface area contributed by atoms with Gasteiger partial charge in [-0.15, -0.1) is 0 Å². The van der Waals surface area contributed by atoms with E-state index < -0.39 is 4.92 Å². The van der Waals surface area contributed by atoms with Crippen molar-refractivity contribution in [1.82, 2.24) is 0 Å². The average Bonchev–Trinajstić information content (AvgIpc) is 2.52. The van der Waals surface area contributed by atoms with Crippen LogP contribution in [0.25, 0.3) is 0 Å². The van der Waals surface area contributed by atoms with Crippen molar-refractivity contribution in [1.29, 1.82) is 5.26 Å². The van der Waals surface area contributed by atoms with Crippen LogP contribution in [0.15, 0.2) is 42.5 Å². The lowest BCUT2D eigenvalue weighted by Gasteiger charge is -2.08. The van der Waals surface area contributed by atoms with E-state index in [4.69, 9.17) is 10.00 Å². The van der Waals surface area contributed by atoms with Gasteiger partial charge in [-0.3, -0.25) is 10.1 Å². The molecular weight excluding hydrogens is 270 g/mol. The molecule has 0 radical (unpaired) electrons. The van der Waals surface area contributed by atoms with E-state index in [-0.39, 0.29) is 5.69 Å². The molecular formula is C15H13N3O3. The predicted molar refractivity (Wildman–Crippen MR) is 78.1 cm³/mol. The van der Waals surface area contributed by atoms with Gasteiger partial charge in [0, 0.05) is 24.4 Å². The molecule has 0 aliphatic rings. The fraction of sp³-hybridized carbons (Fsp3) is 0.133. The standard InChI is InChI=1S/C15H13N3O3/c1-21-15-7-2-11(8-12(15)9-16)10-17-13-3-5-14(6-4-13)18(19)20/h2-8,17H,10H2,1H3. The van der Waals surface area contributed by atoms with E-state index in [1.165, 1.54) is 19.2 Å². The Morgan fingerprint density at radius 1 is 1.29 bits per heavy atom. The van der Waals surface area contributed by atoms with Crippen molar-refractivity contribution >= 4 is 11.4 Å². The van der Waals surface area contributed by atoms with E-state index in [1.54, 1.807) is 24.3 Å². The van der Waals surface area contributed by atoms with Crippen molar-refractivity contribution in [2.45, 2.75) is 6.54 Å². The number of anilines is 1. The molecule has 0 heterocycles. The lowest BCUT2D eigenvalue weighted by atomic mass is 10.1. The van der Waals surface area contributed by atoms with E-state index in [1.807, 2.05) is 6.07 Å². The molecule has 2 rings (SSSR count). The van der Waals surface area contributed by atoms with Crippen LogP contribution >= 0.6 is 0 Å². The minimum atomic E-state index is -0.438. The maximum Gasteiger partial charge on any atom is 0.269 e. The fourth-order valence-corrected chi connectivity index (χ4v) is 1.86. The third-order valence-electron chi connectivity index (χ3n) is 2.96. The molecule has 0 amide bonds. The number of nitrogens with zero attached hydrogens (tertiary/aromatic N) is 2. The molecule has 0 spiro atoms. The van der Waals surface area contributed by atoms with Crippen LogP contribution in [0.3, 0.4) is 0 Å². The second-order valence-electron chi connectivity index (χ2n) is 4.30. The zero-order valence-electron chi connectivity index (χ0n) is 11.4. The molecule has 0 saturated heterocycles. The minimum absolute atomic E-state index is 0.0526. The molecule has 21 heavy (non-hydrogen) atoms. The second kappa shape index (κ2) is 6.39. The van der Waals surface area contributed by atoms with Crippen molar-refractivity contribution in [3.8, 4) is 11.8 Å². The first kappa shape index (κ1) is 14.3. The molecule has 6 heteroatoms. The summed E-state index contributed by atoms with van der Waals surface area (Å²) in [4.78, 5) is 10.1. The maximum atomic E-state index is 10.6. The number of benzene rings is 2. The number of hydrogen-bond donors (Lipinski definition) is 1. The van der Waals surface area contributed by atoms with Crippen molar-refractivity contribution in [2.75, 3.05) is 12.4 Å². The van der Waals surface area contributed by atoms with Gasteiger partial charge in [-0.1, -0.05) is 6.07 Å². The van der Waals surface area contributed by atoms with Crippen molar-refractivity contribution in [3.63, 3.8) is 0 Å². The third kappa shape index (κ3) is 3.48. The summed E-state index contributed by atoms with van der Waals surface area (Å²) in [6, 6.07) is 13.6. The summed E-state index contributed by atoms with van der Waals surface area (Å²) in [6.45, 7) is 0.510. The summed E-state index contributed by atoms with van der Waals surface area (Å²) in [5.41, 5.74) is 2.22. The van der Waals surface area contributed by atoms with E-state index in [9.17, 15) is 10.1 Å². The topological polar surface area (TPSA) is 88.2 Å². The summed E-state index contributed by atoms with van der Waals surface area (Å²) in [5, 5.41) is 22.7. The normalized spacial score (nSPS) is 9.71. The molecule has 0 aliphatic carbocycles. The van der Waals surface area contributed by atoms with Crippen LogP contribution in [0.4, 0.5) is 11.4 Å². The van der Waals surface area contributed by atoms with Gasteiger partial charge in [-0.2, -0.15) is 5.26 Å². The van der Waals surface area contributed by atoms with Crippen LogP contribution in [0.5, 0.6) is 5.75 Å². The van der Waals surface area contributed by atoms with Crippen LogP contribution in [0, 0.1) is 21.4 Å². The van der Waals surface area contributed by atoms with Gasteiger partial charge in [0.25, 0.3) is 5.69 Å². The van der Waals surface area contributed by atoms with Crippen molar-refractivity contribution in [2.24, 2.45) is 0 Å². The lowest BCUT2D eigenvalue weighted by molar-refractivity contribution is -0.384. The Bertz CT molecular complexity index is 690. The third-order valence-corrected chi connectivity index (χ3v) is 2.96. The minimum Gasteiger partial charge on any atom is -0.495 e. The average molecular weight is 283 g/mol. The Morgan fingerprint density at radius 3 is 2.57 bits per heavy atom. The Balaban J connectivity index is 2.06. The van der Waals surface area contributed by atoms with Crippen molar-refractivity contribution < 1.29 is 9.66 Å². The van der Waals surface area contributed by atoms with Gasteiger partial charge in [0.1, 0.15) is 11.8 Å². The number of nitrogens with one attached hydrogen (secondary N) is 1. The van der Waals surface area contributed by atoms with E-state index in [0.29, 0.717) is 17.9 Å². The lowest BCUT2D eigenvalue weighted by Crippen LogP contribution is -2.00. The Labute approximate surface area is 121 Å². The maximum absolute atomic E-state index is 10.6. The highest BCUT2D eigenvalue weighted by atomic mass is 16.6. The summed E-state index contributed by atoms with van der Waals surface area (Å²) in [5.74, 6) is 0.539. The highest BCUT2D eigenvalue weighted by Crippen LogP contribution is 2.20. The number of methoxy groups -OCH3 is 1. The van der Waals surface area contributed by atoms with E-state index in [2.05, 4.69) is 11.4 Å². The Hall–Kier alpha value is -3.07. The van der Waals surface area contributed by atoms with E-state index >= 15 is 0 Å². The number of nitriles is 1. The number of hydrogen-bond acceptors (Lipinski definition) is 5. The van der Waals surface area contributed by atoms with Gasteiger partial charge in [0.15, 0.2) is 0 Å². The quantitative estimate of drug-likeness (QED) is 0.673. The van der Waals surface area contributed by atoms with Crippen LogP contribution in [-0.4, -0.2) is 12.0 Å². The summed E-state index contributed by atoms with van der Waals surface area (Å²) in [7, 11) is 1.52. The van der Waals surface area contributed by atoms with Crippen LogP contribution < -0.4 is 10.1 Å². The summed E-state index contributed by atoms with van der Waals surface area (Å²) >= 11 is 0. The molecule has 2 aromatic carbocycles. The van der Waals surface area contributed by atoms with E-state index in [0.717, 1.165) is 11.3 Å². The fourth-order valence-electron chi connectivity index (χ4n) is 1.86. The summed E-state index contributed by atoms with van der Waals surface area (Å²) < 4.78 is 5.08. The summed E-state index contributed by atoms with van der Waals surface area (Å²) in [6.07, 6.45) is 0. The number of nitro benzene ring substituents is 1. The first-order valence-electron chi connectivity index (χ1n) is 6.19. The molecule has 0 unspecified atom stereocenters. The smallest absolute Gasteiger partial charge is 0.269 e. The highest BCUT2D eigenvalue weighted by molar-refractivity contribution is 5.50. The van der Waals surface area contributed by atoms with Gasteiger partial charge >= 0.3 is 0 Å². The molecule has 0 atom stereocenters. The SMILES string of the molecule is COc1ccc(CNc2ccc([N+](=O)[O-])cc2)cc1C#N. The van der Waals surface area contributed by atoms with Crippen LogP contribution in [0.1, 0.15) is 11.1 Å². The monoisotopic (exact) mass is 283 g/mol. The molecule has 2 aromatic rings. The molecule has 1 N–H and O–H groups in total. The molecule has 106 valence electrons. The molecule has 6 nitrogen and oxygen atoms in total. The number of nitro groups is 1. The molecule has 0 saturated carbocycles. The van der Waals surface area contributed by atoms with Crippen LogP contribution in [0.2, 0.25) is 0 Å². The molecule has 0 fully saturated rings. The molecule has 0 bridgehead atoms. The van der Waals surface area contributed by atoms with Gasteiger partial charge in [0.05, 0.1) is 17.6 Å². The number of ether oxygens (including phenoxy) is 1. The Morgan fingerprint density at radius 2 is 2.00 bits per heavy atom. The van der Waals surface area contributed by atoms with Gasteiger partial charge < -0.3 is 10.1 Å². The molecule has 0 aromatic heterocycles. The van der Waals surface area contributed by atoms with Gasteiger partial charge in [0.2, 0.25) is 0 Å². The first-order valence-corrected chi connectivity index (χ1v) is 6.19. The first-order chi connectivity index (χ1) is 10.1. The zero-order chi connectivity index (χ0) is 15.2. The van der Waals surface area contributed by atoms with Crippen molar-refractivity contribution in [3.05, 3.63) is 63.7 Å². The second-order valence-corrected chi connectivity index (χ2v) is 4.30. The zero-order valence-corrected chi connectivity index (χ0v) is 11.4. The highest BCUT2D eigenvalue weighted by Gasteiger charge is 2.05. The number of non-ortho nitro benzene ring substituents is 1. The molecule has 0 aliphatic heterocycles. The Kier molecular flexibility index (Phi) is 4.36. The largest absolute Gasteiger partial charge is 0.495 e. The van der Waals surface area contributed by atoms with Crippen LogP contribution in [-0.2, 0) is 6.54 Å².